The molecular formula is C13H18O. The SMILES string of the molecule is Cc1cc(C)cc(C2CCOCC2)c1. The Hall–Kier alpha value is -0.820. The minimum atomic E-state index is 0.724. The lowest BCUT2D eigenvalue weighted by Crippen LogP contribution is -2.14. The first-order valence-electron chi connectivity index (χ1n) is 5.41. The van der Waals surface area contributed by atoms with Crippen molar-refractivity contribution < 1.29 is 4.74 Å². The molecule has 1 nitrogen and oxygen atoms in total. The highest BCUT2D eigenvalue weighted by Crippen LogP contribution is 2.28. The number of benzene rings is 1. The van der Waals surface area contributed by atoms with Crippen LogP contribution >= 0.6 is 0 Å². The van der Waals surface area contributed by atoms with Gasteiger partial charge in [-0.05, 0) is 38.2 Å². The lowest BCUT2D eigenvalue weighted by Gasteiger charge is -2.23. The van der Waals surface area contributed by atoms with Gasteiger partial charge in [0.1, 0.15) is 0 Å². The highest BCUT2D eigenvalue weighted by atomic mass is 16.5. The molecule has 0 atom stereocenters. The molecule has 0 spiro atoms. The van der Waals surface area contributed by atoms with Crippen LogP contribution in [0, 0.1) is 13.8 Å². The van der Waals surface area contributed by atoms with Gasteiger partial charge in [-0.25, -0.2) is 0 Å². The lowest BCUT2D eigenvalue weighted by atomic mass is 9.90. The summed E-state index contributed by atoms with van der Waals surface area (Å²) in [7, 11) is 0. The maximum Gasteiger partial charge on any atom is 0.0471 e. The van der Waals surface area contributed by atoms with Crippen molar-refractivity contribution in [2.75, 3.05) is 13.2 Å². The van der Waals surface area contributed by atoms with E-state index in [1.165, 1.54) is 29.5 Å². The number of hydrogen-bond acceptors (Lipinski definition) is 1. The van der Waals surface area contributed by atoms with Crippen molar-refractivity contribution in [3.63, 3.8) is 0 Å². The summed E-state index contributed by atoms with van der Waals surface area (Å²) in [6.45, 7) is 6.21. The van der Waals surface area contributed by atoms with E-state index < -0.39 is 0 Å². The van der Waals surface area contributed by atoms with Gasteiger partial charge in [0, 0.05) is 13.2 Å². The minimum Gasteiger partial charge on any atom is -0.381 e. The molecule has 1 fully saturated rings. The molecular weight excluding hydrogens is 172 g/mol. The average Bonchev–Trinajstić information content (AvgIpc) is 2.18. The first kappa shape index (κ1) is 9.72. The first-order valence-corrected chi connectivity index (χ1v) is 5.41. The molecule has 0 radical (unpaired) electrons. The van der Waals surface area contributed by atoms with Crippen molar-refractivity contribution in [2.24, 2.45) is 0 Å². The van der Waals surface area contributed by atoms with E-state index in [0.717, 1.165) is 19.1 Å². The summed E-state index contributed by atoms with van der Waals surface area (Å²) in [4.78, 5) is 0. The summed E-state index contributed by atoms with van der Waals surface area (Å²) in [5, 5.41) is 0. The summed E-state index contributed by atoms with van der Waals surface area (Å²) >= 11 is 0. The zero-order valence-electron chi connectivity index (χ0n) is 9.05. The number of hydrogen-bond donors (Lipinski definition) is 0. The van der Waals surface area contributed by atoms with Gasteiger partial charge in [0.15, 0.2) is 0 Å². The fourth-order valence-electron chi connectivity index (χ4n) is 2.28. The molecule has 1 heteroatoms. The third kappa shape index (κ3) is 2.16. The van der Waals surface area contributed by atoms with Crippen LogP contribution in [0.25, 0.3) is 0 Å². The van der Waals surface area contributed by atoms with Crippen LogP contribution in [0.2, 0.25) is 0 Å². The van der Waals surface area contributed by atoms with Crippen molar-refractivity contribution in [1.82, 2.24) is 0 Å². The standard InChI is InChI=1S/C13H18O/c1-10-7-11(2)9-13(8-10)12-3-5-14-6-4-12/h7-9,12H,3-6H2,1-2H3. The average molecular weight is 190 g/mol. The normalized spacial score (nSPS) is 18.4. The van der Waals surface area contributed by atoms with Gasteiger partial charge < -0.3 is 4.74 Å². The molecule has 1 aromatic carbocycles. The third-order valence-corrected chi connectivity index (χ3v) is 2.94. The van der Waals surface area contributed by atoms with Crippen molar-refractivity contribution in [1.29, 1.82) is 0 Å². The van der Waals surface area contributed by atoms with Gasteiger partial charge in [0.2, 0.25) is 0 Å². The summed E-state index contributed by atoms with van der Waals surface area (Å²) in [5.74, 6) is 0.724. The molecule has 0 bridgehead atoms. The van der Waals surface area contributed by atoms with Gasteiger partial charge in [-0.15, -0.1) is 0 Å². The van der Waals surface area contributed by atoms with Gasteiger partial charge in [-0.2, -0.15) is 0 Å². The Bertz CT molecular complexity index is 291. The highest BCUT2D eigenvalue weighted by Gasteiger charge is 2.15. The molecule has 76 valence electrons. The van der Waals surface area contributed by atoms with Crippen LogP contribution in [-0.2, 0) is 4.74 Å². The Kier molecular flexibility index (Phi) is 2.87. The summed E-state index contributed by atoms with van der Waals surface area (Å²) in [6, 6.07) is 6.88. The zero-order valence-corrected chi connectivity index (χ0v) is 9.05. The van der Waals surface area contributed by atoms with E-state index >= 15 is 0 Å². The van der Waals surface area contributed by atoms with Crippen LogP contribution in [0.5, 0.6) is 0 Å². The van der Waals surface area contributed by atoms with Gasteiger partial charge >= 0.3 is 0 Å². The molecule has 2 rings (SSSR count). The Morgan fingerprint density at radius 3 is 2.14 bits per heavy atom. The van der Waals surface area contributed by atoms with Gasteiger partial charge in [-0.3, -0.25) is 0 Å². The largest absolute Gasteiger partial charge is 0.381 e. The lowest BCUT2D eigenvalue weighted by molar-refractivity contribution is 0.0853. The summed E-state index contributed by atoms with van der Waals surface area (Å²) in [6.07, 6.45) is 2.37. The number of aryl methyl sites for hydroxylation is 2. The predicted molar refractivity (Wildman–Crippen MR) is 58.7 cm³/mol. The van der Waals surface area contributed by atoms with Crippen molar-refractivity contribution >= 4 is 0 Å². The number of rotatable bonds is 1. The molecule has 0 aromatic heterocycles. The third-order valence-electron chi connectivity index (χ3n) is 2.94. The number of ether oxygens (including phenoxy) is 1. The molecule has 0 aliphatic carbocycles. The Morgan fingerprint density at radius 2 is 1.57 bits per heavy atom. The van der Waals surface area contributed by atoms with E-state index in [4.69, 9.17) is 4.74 Å². The molecule has 1 saturated heterocycles. The molecule has 1 aromatic rings. The Labute approximate surface area is 86.1 Å². The van der Waals surface area contributed by atoms with Crippen molar-refractivity contribution in [2.45, 2.75) is 32.6 Å². The second kappa shape index (κ2) is 4.14. The minimum absolute atomic E-state index is 0.724. The monoisotopic (exact) mass is 190 g/mol. The topological polar surface area (TPSA) is 9.23 Å². The van der Waals surface area contributed by atoms with Crippen LogP contribution in [0.3, 0.4) is 0 Å². The van der Waals surface area contributed by atoms with Crippen molar-refractivity contribution in [3.8, 4) is 0 Å². The molecule has 1 heterocycles. The van der Waals surface area contributed by atoms with E-state index in [1.807, 2.05) is 0 Å². The van der Waals surface area contributed by atoms with Gasteiger partial charge in [-0.1, -0.05) is 29.3 Å². The molecule has 1 aliphatic rings. The maximum atomic E-state index is 5.38. The van der Waals surface area contributed by atoms with Crippen LogP contribution in [0.4, 0.5) is 0 Å². The quantitative estimate of drug-likeness (QED) is 0.660. The fourth-order valence-corrected chi connectivity index (χ4v) is 2.28. The van der Waals surface area contributed by atoms with E-state index in [-0.39, 0.29) is 0 Å². The van der Waals surface area contributed by atoms with E-state index in [1.54, 1.807) is 0 Å². The highest BCUT2D eigenvalue weighted by molar-refractivity contribution is 5.31. The smallest absolute Gasteiger partial charge is 0.0471 e. The molecule has 0 amide bonds. The molecule has 0 saturated carbocycles. The van der Waals surface area contributed by atoms with E-state index in [0.29, 0.717) is 0 Å². The second-order valence-electron chi connectivity index (χ2n) is 4.31. The summed E-state index contributed by atoms with van der Waals surface area (Å²) in [5.41, 5.74) is 4.27. The molecule has 0 N–H and O–H groups in total. The predicted octanol–water partition coefficient (Wildman–Crippen LogP) is 3.20. The molecule has 14 heavy (non-hydrogen) atoms. The van der Waals surface area contributed by atoms with Crippen LogP contribution in [0.15, 0.2) is 18.2 Å². The van der Waals surface area contributed by atoms with Gasteiger partial charge in [0.25, 0.3) is 0 Å². The van der Waals surface area contributed by atoms with Gasteiger partial charge in [0.05, 0.1) is 0 Å². The van der Waals surface area contributed by atoms with Crippen LogP contribution < -0.4 is 0 Å². The van der Waals surface area contributed by atoms with Crippen molar-refractivity contribution in [3.05, 3.63) is 34.9 Å². The Balaban J connectivity index is 2.21. The van der Waals surface area contributed by atoms with Crippen LogP contribution in [0.1, 0.15) is 35.4 Å². The van der Waals surface area contributed by atoms with Crippen LogP contribution in [-0.4, -0.2) is 13.2 Å². The maximum absolute atomic E-state index is 5.38. The molecule has 0 unspecified atom stereocenters. The fraction of sp³-hybridized carbons (Fsp3) is 0.538. The second-order valence-corrected chi connectivity index (χ2v) is 4.31. The Morgan fingerprint density at radius 1 is 1.00 bits per heavy atom. The first-order chi connectivity index (χ1) is 6.75. The molecule has 1 aliphatic heterocycles. The zero-order chi connectivity index (χ0) is 9.97. The summed E-state index contributed by atoms with van der Waals surface area (Å²) < 4.78 is 5.38. The van der Waals surface area contributed by atoms with E-state index in [2.05, 4.69) is 32.0 Å². The van der Waals surface area contributed by atoms with E-state index in [9.17, 15) is 0 Å².